The Bertz CT molecular complexity index is 463. The van der Waals surface area contributed by atoms with E-state index in [1.807, 2.05) is 0 Å². The van der Waals surface area contributed by atoms with Crippen LogP contribution in [0.15, 0.2) is 18.2 Å². The Balaban J connectivity index is 1.90. The fourth-order valence-corrected chi connectivity index (χ4v) is 3.71. The highest BCUT2D eigenvalue weighted by Gasteiger charge is 2.40. The van der Waals surface area contributed by atoms with Crippen LogP contribution < -0.4 is 10.2 Å². The zero-order valence-electron chi connectivity index (χ0n) is 12.0. The molecule has 1 aliphatic heterocycles. The molecule has 1 spiro atoms. The molecule has 1 heterocycles. The standard InChI is InChI=1S/C16H22F2N2/c1-2-14-10-19-16(5-3-4-6-16)11-20(14)15-8-12(17)7-13(18)9-15/h7-9,14,19H,2-6,10-11H2,1H3. The molecule has 2 nitrogen and oxygen atoms in total. The van der Waals surface area contributed by atoms with E-state index in [1.165, 1.54) is 25.0 Å². The maximum absolute atomic E-state index is 13.5. The lowest BCUT2D eigenvalue weighted by molar-refractivity contribution is 0.267. The van der Waals surface area contributed by atoms with Gasteiger partial charge in [-0.25, -0.2) is 8.78 Å². The Morgan fingerprint density at radius 2 is 1.85 bits per heavy atom. The lowest BCUT2D eigenvalue weighted by Gasteiger charge is -2.47. The predicted molar refractivity (Wildman–Crippen MR) is 77.0 cm³/mol. The molecule has 0 amide bonds. The lowest BCUT2D eigenvalue weighted by atomic mass is 9.91. The van der Waals surface area contributed by atoms with Gasteiger partial charge in [-0.3, -0.25) is 0 Å². The highest BCUT2D eigenvalue weighted by Crippen LogP contribution is 2.35. The summed E-state index contributed by atoms with van der Waals surface area (Å²) in [6, 6.07) is 4.17. The summed E-state index contributed by atoms with van der Waals surface area (Å²) in [5.41, 5.74) is 0.830. The van der Waals surface area contributed by atoms with E-state index < -0.39 is 11.6 Å². The number of halogens is 2. The van der Waals surface area contributed by atoms with Gasteiger partial charge in [-0.2, -0.15) is 0 Å². The molecule has 0 radical (unpaired) electrons. The van der Waals surface area contributed by atoms with Crippen molar-refractivity contribution in [2.75, 3.05) is 18.0 Å². The topological polar surface area (TPSA) is 15.3 Å². The molecule has 1 saturated heterocycles. The molecule has 1 aromatic carbocycles. The number of nitrogens with one attached hydrogen (secondary N) is 1. The van der Waals surface area contributed by atoms with Crippen LogP contribution in [0.5, 0.6) is 0 Å². The minimum Gasteiger partial charge on any atom is -0.365 e. The molecule has 2 fully saturated rings. The summed E-state index contributed by atoms with van der Waals surface area (Å²) in [6.07, 6.45) is 5.79. The van der Waals surface area contributed by atoms with Crippen molar-refractivity contribution in [2.24, 2.45) is 0 Å². The maximum Gasteiger partial charge on any atom is 0.128 e. The van der Waals surface area contributed by atoms with Crippen molar-refractivity contribution in [3.8, 4) is 0 Å². The van der Waals surface area contributed by atoms with Gasteiger partial charge in [-0.05, 0) is 31.4 Å². The Morgan fingerprint density at radius 3 is 2.45 bits per heavy atom. The summed E-state index contributed by atoms with van der Waals surface area (Å²) < 4.78 is 27.0. The minimum absolute atomic E-state index is 0.147. The van der Waals surface area contributed by atoms with E-state index >= 15 is 0 Å². The van der Waals surface area contributed by atoms with Crippen molar-refractivity contribution >= 4 is 5.69 Å². The number of piperazine rings is 1. The number of hydrogen-bond acceptors (Lipinski definition) is 2. The van der Waals surface area contributed by atoms with Gasteiger partial charge in [0.25, 0.3) is 0 Å². The number of anilines is 1. The van der Waals surface area contributed by atoms with Crippen molar-refractivity contribution in [3.05, 3.63) is 29.8 Å². The first-order valence-corrected chi connectivity index (χ1v) is 7.60. The van der Waals surface area contributed by atoms with Crippen LogP contribution in [0.25, 0.3) is 0 Å². The summed E-state index contributed by atoms with van der Waals surface area (Å²) in [4.78, 5) is 2.20. The highest BCUT2D eigenvalue weighted by atomic mass is 19.1. The summed E-state index contributed by atoms with van der Waals surface area (Å²) in [5.74, 6) is -0.984. The average molecular weight is 280 g/mol. The molecule has 1 saturated carbocycles. The smallest absolute Gasteiger partial charge is 0.128 e. The molecule has 1 unspecified atom stereocenters. The Morgan fingerprint density at radius 1 is 1.20 bits per heavy atom. The van der Waals surface area contributed by atoms with Gasteiger partial charge in [0.05, 0.1) is 0 Å². The van der Waals surface area contributed by atoms with E-state index in [1.54, 1.807) is 0 Å². The number of nitrogens with zero attached hydrogens (tertiary/aromatic N) is 1. The second kappa shape index (κ2) is 5.32. The largest absolute Gasteiger partial charge is 0.365 e. The quantitative estimate of drug-likeness (QED) is 0.892. The molecule has 1 aromatic rings. The first kappa shape index (κ1) is 13.8. The van der Waals surface area contributed by atoms with Crippen LogP contribution in [-0.2, 0) is 0 Å². The molecule has 20 heavy (non-hydrogen) atoms. The van der Waals surface area contributed by atoms with Gasteiger partial charge >= 0.3 is 0 Å². The Kier molecular flexibility index (Phi) is 3.67. The summed E-state index contributed by atoms with van der Waals surface area (Å²) in [7, 11) is 0. The van der Waals surface area contributed by atoms with E-state index in [-0.39, 0.29) is 5.54 Å². The molecule has 3 rings (SSSR count). The Labute approximate surface area is 119 Å². The third-order valence-electron chi connectivity index (χ3n) is 4.84. The zero-order chi connectivity index (χ0) is 14.2. The van der Waals surface area contributed by atoms with Gasteiger partial charge < -0.3 is 10.2 Å². The number of hydrogen-bond donors (Lipinski definition) is 1. The predicted octanol–water partition coefficient (Wildman–Crippen LogP) is 3.47. The van der Waals surface area contributed by atoms with Crippen molar-refractivity contribution in [1.29, 1.82) is 0 Å². The fraction of sp³-hybridized carbons (Fsp3) is 0.625. The molecule has 0 bridgehead atoms. The van der Waals surface area contributed by atoms with E-state index in [0.29, 0.717) is 11.7 Å². The van der Waals surface area contributed by atoms with Gasteiger partial charge in [0.15, 0.2) is 0 Å². The third kappa shape index (κ3) is 2.53. The SMILES string of the molecule is CCC1CNC2(CCCC2)CN1c1cc(F)cc(F)c1. The van der Waals surface area contributed by atoms with E-state index in [2.05, 4.69) is 17.1 Å². The molecular formula is C16H22F2N2. The average Bonchev–Trinajstić information content (AvgIpc) is 2.86. The van der Waals surface area contributed by atoms with Crippen LogP contribution in [0.3, 0.4) is 0 Å². The summed E-state index contributed by atoms with van der Waals surface area (Å²) >= 11 is 0. The summed E-state index contributed by atoms with van der Waals surface area (Å²) in [5, 5.41) is 3.70. The van der Waals surface area contributed by atoms with Crippen LogP contribution in [-0.4, -0.2) is 24.7 Å². The molecule has 110 valence electrons. The van der Waals surface area contributed by atoms with Gasteiger partial charge in [-0.15, -0.1) is 0 Å². The lowest BCUT2D eigenvalue weighted by Crippen LogP contribution is -2.63. The van der Waals surface area contributed by atoms with Gasteiger partial charge in [-0.1, -0.05) is 19.8 Å². The van der Waals surface area contributed by atoms with Crippen LogP contribution in [0.1, 0.15) is 39.0 Å². The molecule has 1 N–H and O–H groups in total. The maximum atomic E-state index is 13.5. The molecule has 0 aromatic heterocycles. The van der Waals surface area contributed by atoms with Crippen molar-refractivity contribution in [1.82, 2.24) is 5.32 Å². The van der Waals surface area contributed by atoms with E-state index in [0.717, 1.165) is 38.4 Å². The molecule has 1 atom stereocenters. The van der Waals surface area contributed by atoms with Gasteiger partial charge in [0.2, 0.25) is 0 Å². The second-order valence-electron chi connectivity index (χ2n) is 6.19. The number of rotatable bonds is 2. The van der Waals surface area contributed by atoms with Crippen LogP contribution >= 0.6 is 0 Å². The first-order valence-electron chi connectivity index (χ1n) is 7.60. The fourth-order valence-electron chi connectivity index (χ4n) is 3.71. The van der Waals surface area contributed by atoms with Crippen LogP contribution in [0.4, 0.5) is 14.5 Å². The van der Waals surface area contributed by atoms with Gasteiger partial charge in [0.1, 0.15) is 11.6 Å². The van der Waals surface area contributed by atoms with Crippen molar-refractivity contribution in [3.63, 3.8) is 0 Å². The van der Waals surface area contributed by atoms with Crippen molar-refractivity contribution in [2.45, 2.75) is 50.6 Å². The Hall–Kier alpha value is -1.16. The van der Waals surface area contributed by atoms with Crippen LogP contribution in [0, 0.1) is 11.6 Å². The first-order chi connectivity index (χ1) is 9.62. The van der Waals surface area contributed by atoms with E-state index in [9.17, 15) is 8.78 Å². The molecule has 4 heteroatoms. The monoisotopic (exact) mass is 280 g/mol. The molecular weight excluding hydrogens is 258 g/mol. The highest BCUT2D eigenvalue weighted by molar-refractivity contribution is 5.49. The van der Waals surface area contributed by atoms with Crippen LogP contribution in [0.2, 0.25) is 0 Å². The normalized spacial score (nSPS) is 25.4. The molecule has 1 aliphatic carbocycles. The van der Waals surface area contributed by atoms with Crippen molar-refractivity contribution < 1.29 is 8.78 Å². The number of benzene rings is 1. The zero-order valence-corrected chi connectivity index (χ0v) is 12.0. The molecule has 2 aliphatic rings. The van der Waals surface area contributed by atoms with Gasteiger partial charge in [0, 0.05) is 36.4 Å². The second-order valence-corrected chi connectivity index (χ2v) is 6.19. The third-order valence-corrected chi connectivity index (χ3v) is 4.84. The minimum atomic E-state index is -0.492. The van der Waals surface area contributed by atoms with E-state index in [4.69, 9.17) is 0 Å². The summed E-state index contributed by atoms with van der Waals surface area (Å²) in [6.45, 7) is 3.88.